The lowest BCUT2D eigenvalue weighted by Crippen LogP contribution is -2.12. The first-order valence-corrected chi connectivity index (χ1v) is 9.79. The molecule has 2 aromatic rings. The topological polar surface area (TPSA) is 56.5 Å². The second-order valence-electron chi connectivity index (χ2n) is 6.22. The number of ether oxygens (including phenoxy) is 1. The van der Waals surface area contributed by atoms with Gasteiger partial charge in [0.1, 0.15) is 10.6 Å². The van der Waals surface area contributed by atoms with Gasteiger partial charge in [-0.25, -0.2) is 4.79 Å². The summed E-state index contributed by atoms with van der Waals surface area (Å²) in [5.41, 5.74) is 0.822. The Balaban J connectivity index is 1.79. The van der Waals surface area contributed by atoms with Crippen LogP contribution < -0.4 is 5.63 Å². The minimum atomic E-state index is -0.496. The number of benzene rings is 1. The van der Waals surface area contributed by atoms with Gasteiger partial charge in [0.25, 0.3) is 0 Å². The van der Waals surface area contributed by atoms with E-state index in [1.54, 1.807) is 11.8 Å². The second kappa shape index (κ2) is 9.30. The molecule has 0 spiro atoms. The number of hydrogen-bond donors (Lipinski definition) is 0. The van der Waals surface area contributed by atoms with Gasteiger partial charge >= 0.3 is 11.6 Å². The van der Waals surface area contributed by atoms with E-state index >= 15 is 0 Å². The molecular weight excluding hydrogens is 360 g/mol. The van der Waals surface area contributed by atoms with Crippen LogP contribution in [0.5, 0.6) is 0 Å². The lowest BCUT2D eigenvalue weighted by Gasteiger charge is -2.07. The van der Waals surface area contributed by atoms with Gasteiger partial charge in [0.05, 0.1) is 12.5 Å². The van der Waals surface area contributed by atoms with Crippen molar-refractivity contribution in [3.8, 4) is 0 Å². The zero-order valence-corrected chi connectivity index (χ0v) is 16.3. The lowest BCUT2D eigenvalue weighted by molar-refractivity contribution is -0.147. The molecule has 0 N–H and O–H groups in total. The summed E-state index contributed by atoms with van der Waals surface area (Å²) >= 11 is 7.65. The van der Waals surface area contributed by atoms with Crippen LogP contribution in [0.2, 0.25) is 5.02 Å². The van der Waals surface area contributed by atoms with Crippen molar-refractivity contribution >= 4 is 40.3 Å². The summed E-state index contributed by atoms with van der Waals surface area (Å²) in [7, 11) is 0. The Bertz CT molecular complexity index is 798. The molecule has 0 saturated heterocycles. The van der Waals surface area contributed by atoms with Crippen LogP contribution >= 0.6 is 23.4 Å². The highest BCUT2D eigenvalue weighted by molar-refractivity contribution is 7.99. The molecule has 1 aromatic heterocycles. The maximum absolute atomic E-state index is 11.7. The number of fused-ring (bicyclic) bond motifs is 1. The third-order valence-electron chi connectivity index (χ3n) is 3.84. The molecule has 1 heterocycles. The summed E-state index contributed by atoms with van der Waals surface area (Å²) in [6.45, 7) is 5.98. The van der Waals surface area contributed by atoms with E-state index in [2.05, 4.69) is 0 Å². The zero-order chi connectivity index (χ0) is 18.4. The quantitative estimate of drug-likeness (QED) is 0.271. The normalized spacial score (nSPS) is 11.2. The number of thioether (sulfide) groups is 1. The molecule has 0 amide bonds. The van der Waals surface area contributed by atoms with Crippen LogP contribution in [0.1, 0.15) is 38.7 Å². The van der Waals surface area contributed by atoms with Crippen LogP contribution in [-0.4, -0.2) is 18.3 Å². The van der Waals surface area contributed by atoms with Gasteiger partial charge in [-0.05, 0) is 55.7 Å². The van der Waals surface area contributed by atoms with E-state index in [0.29, 0.717) is 12.2 Å². The van der Waals surface area contributed by atoms with Gasteiger partial charge in [0.15, 0.2) is 0 Å². The lowest BCUT2D eigenvalue weighted by atomic mass is 10.1. The van der Waals surface area contributed by atoms with Crippen molar-refractivity contribution in [3.63, 3.8) is 0 Å². The molecule has 0 aliphatic carbocycles. The first-order chi connectivity index (χ1) is 11.9. The molecule has 0 saturated carbocycles. The van der Waals surface area contributed by atoms with Crippen LogP contribution in [0.15, 0.2) is 32.3 Å². The third-order valence-corrected chi connectivity index (χ3v) is 5.36. The van der Waals surface area contributed by atoms with E-state index in [-0.39, 0.29) is 16.9 Å². The molecule has 0 fully saturated rings. The Hall–Kier alpha value is -1.46. The summed E-state index contributed by atoms with van der Waals surface area (Å²) in [5.74, 6) is 0.755. The highest BCUT2D eigenvalue weighted by Crippen LogP contribution is 2.27. The van der Waals surface area contributed by atoms with Gasteiger partial charge in [-0.1, -0.05) is 25.4 Å². The minimum absolute atomic E-state index is 0.0676. The number of esters is 1. The van der Waals surface area contributed by atoms with E-state index in [1.165, 1.54) is 0 Å². The molecule has 2 rings (SSSR count). The summed E-state index contributed by atoms with van der Waals surface area (Å²) in [6, 6.07) is 5.84. The average Bonchev–Trinajstić information content (AvgIpc) is 2.58. The predicted molar refractivity (Wildman–Crippen MR) is 103 cm³/mol. The molecule has 0 aliphatic rings. The Morgan fingerprint density at radius 2 is 2.04 bits per heavy atom. The van der Waals surface area contributed by atoms with Gasteiger partial charge in [-0.3, -0.25) is 4.79 Å². The fourth-order valence-corrected chi connectivity index (χ4v) is 3.39. The summed E-state index contributed by atoms with van der Waals surface area (Å²) in [4.78, 5) is 24.1. The Labute approximate surface area is 156 Å². The fraction of sp³-hybridized carbons (Fsp3) is 0.474. The van der Waals surface area contributed by atoms with E-state index in [9.17, 15) is 9.59 Å². The number of aryl methyl sites for hydroxylation is 1. The molecular formula is C19H23ClO4S. The SMILES string of the molecule is Cc1c(Cl)c(=O)oc2cc(SCCCCCOC(=O)C(C)C)ccc12. The molecule has 4 nitrogen and oxygen atoms in total. The van der Waals surface area contributed by atoms with Crippen molar-refractivity contribution in [1.29, 1.82) is 0 Å². The van der Waals surface area contributed by atoms with Gasteiger partial charge < -0.3 is 9.15 Å². The summed E-state index contributed by atoms with van der Waals surface area (Å²) in [6.07, 6.45) is 2.92. The fourth-order valence-electron chi connectivity index (χ4n) is 2.31. The molecule has 1 aromatic carbocycles. The molecule has 0 unspecified atom stereocenters. The van der Waals surface area contributed by atoms with Crippen molar-refractivity contribution in [2.45, 2.75) is 44.9 Å². The molecule has 0 atom stereocenters. The third kappa shape index (κ3) is 5.51. The molecule has 25 heavy (non-hydrogen) atoms. The molecule has 6 heteroatoms. The maximum Gasteiger partial charge on any atom is 0.355 e. The maximum atomic E-state index is 11.7. The first-order valence-electron chi connectivity index (χ1n) is 8.42. The average molecular weight is 383 g/mol. The molecule has 0 aliphatic heterocycles. The van der Waals surface area contributed by atoms with Gasteiger partial charge in [0.2, 0.25) is 0 Å². The number of rotatable bonds is 8. The largest absolute Gasteiger partial charge is 0.465 e. The standard InChI is InChI=1S/C19H23ClO4S/c1-12(2)18(21)23-9-5-4-6-10-25-14-7-8-15-13(3)17(20)19(22)24-16(15)11-14/h7-8,11-12H,4-6,9-10H2,1-3H3. The first kappa shape index (κ1) is 19.9. The molecule has 0 radical (unpaired) electrons. The summed E-state index contributed by atoms with van der Waals surface area (Å²) < 4.78 is 10.4. The summed E-state index contributed by atoms with van der Waals surface area (Å²) in [5, 5.41) is 1.01. The molecule has 136 valence electrons. The monoisotopic (exact) mass is 382 g/mol. The number of halogens is 1. The van der Waals surface area contributed by atoms with Crippen LogP contribution in [0.4, 0.5) is 0 Å². The van der Waals surface area contributed by atoms with Gasteiger partial charge in [-0.15, -0.1) is 11.8 Å². The van der Waals surface area contributed by atoms with Crippen LogP contribution in [-0.2, 0) is 9.53 Å². The highest BCUT2D eigenvalue weighted by Gasteiger charge is 2.10. The van der Waals surface area contributed by atoms with Crippen molar-refractivity contribution in [2.75, 3.05) is 12.4 Å². The highest BCUT2D eigenvalue weighted by atomic mass is 35.5. The minimum Gasteiger partial charge on any atom is -0.465 e. The zero-order valence-electron chi connectivity index (χ0n) is 14.8. The van der Waals surface area contributed by atoms with Gasteiger partial charge in [0, 0.05) is 10.3 Å². The Morgan fingerprint density at radius 1 is 1.28 bits per heavy atom. The van der Waals surface area contributed by atoms with Crippen LogP contribution in [0.3, 0.4) is 0 Å². The Kier molecular flexibility index (Phi) is 7.38. The van der Waals surface area contributed by atoms with E-state index < -0.39 is 5.63 Å². The second-order valence-corrected chi connectivity index (χ2v) is 7.76. The van der Waals surface area contributed by atoms with Crippen molar-refractivity contribution in [2.24, 2.45) is 5.92 Å². The van der Waals surface area contributed by atoms with E-state index in [4.69, 9.17) is 20.8 Å². The van der Waals surface area contributed by atoms with Crippen molar-refractivity contribution in [3.05, 3.63) is 39.2 Å². The van der Waals surface area contributed by atoms with Gasteiger partial charge in [-0.2, -0.15) is 0 Å². The van der Waals surface area contributed by atoms with Crippen molar-refractivity contribution < 1.29 is 13.9 Å². The van der Waals surface area contributed by atoms with Crippen LogP contribution in [0.25, 0.3) is 11.0 Å². The number of carbonyl (C=O) groups excluding carboxylic acids is 1. The molecule has 0 bridgehead atoms. The predicted octanol–water partition coefficient (Wildman–Crippen LogP) is 5.22. The van der Waals surface area contributed by atoms with Crippen LogP contribution in [0, 0.1) is 12.8 Å². The van der Waals surface area contributed by atoms with Crippen molar-refractivity contribution in [1.82, 2.24) is 0 Å². The van der Waals surface area contributed by atoms with E-state index in [1.807, 2.05) is 39.0 Å². The van der Waals surface area contributed by atoms with E-state index in [0.717, 1.165) is 40.9 Å². The smallest absolute Gasteiger partial charge is 0.355 e. The number of carbonyl (C=O) groups is 1. The number of unbranched alkanes of at least 4 members (excludes halogenated alkanes) is 2. The number of hydrogen-bond acceptors (Lipinski definition) is 5. The Morgan fingerprint density at radius 3 is 2.76 bits per heavy atom.